The molecule has 3 rings (SSSR count). The van der Waals surface area contributed by atoms with Gasteiger partial charge >= 0.3 is 5.97 Å². The topological polar surface area (TPSA) is 118 Å². The van der Waals surface area contributed by atoms with Crippen molar-refractivity contribution in [3.63, 3.8) is 0 Å². The number of hydrogen-bond acceptors (Lipinski definition) is 6. The SMILES string of the molecule is N#CCOc1ccc(/C=C/C(=O)OCC(=O)Nc2ccccc2C(=O)NC2CC2)cc1. The molecule has 8 nitrogen and oxygen atoms in total. The van der Waals surface area contributed by atoms with Crippen LogP contribution in [-0.2, 0) is 14.3 Å². The maximum absolute atomic E-state index is 12.3. The predicted molar refractivity (Wildman–Crippen MR) is 113 cm³/mol. The number of carbonyl (C=O) groups is 3. The van der Waals surface area contributed by atoms with E-state index in [1.165, 1.54) is 12.2 Å². The first-order valence-corrected chi connectivity index (χ1v) is 9.69. The highest BCUT2D eigenvalue weighted by Gasteiger charge is 2.25. The normalized spacial score (nSPS) is 12.6. The number of amides is 2. The Kier molecular flexibility index (Phi) is 7.38. The highest BCUT2D eigenvalue weighted by Crippen LogP contribution is 2.21. The first-order chi connectivity index (χ1) is 15.0. The van der Waals surface area contributed by atoms with E-state index in [0.717, 1.165) is 18.4 Å². The molecule has 0 heterocycles. The Morgan fingerprint density at radius 2 is 1.84 bits per heavy atom. The second-order valence-corrected chi connectivity index (χ2v) is 6.80. The summed E-state index contributed by atoms with van der Waals surface area (Å²) in [5.41, 5.74) is 1.44. The lowest BCUT2D eigenvalue weighted by molar-refractivity contribution is -0.142. The van der Waals surface area contributed by atoms with Crippen LogP contribution < -0.4 is 15.4 Å². The van der Waals surface area contributed by atoms with Gasteiger partial charge in [-0.15, -0.1) is 0 Å². The van der Waals surface area contributed by atoms with Gasteiger partial charge in [-0.3, -0.25) is 9.59 Å². The van der Waals surface area contributed by atoms with Crippen LogP contribution in [0.3, 0.4) is 0 Å². The third-order valence-electron chi connectivity index (χ3n) is 4.30. The number of nitrogens with zero attached hydrogens (tertiary/aromatic N) is 1. The van der Waals surface area contributed by atoms with Gasteiger partial charge in [0, 0.05) is 12.1 Å². The van der Waals surface area contributed by atoms with Crippen molar-refractivity contribution in [2.24, 2.45) is 0 Å². The standard InChI is InChI=1S/C23H21N3O5/c24-13-14-30-18-10-5-16(6-11-18)7-12-22(28)31-15-21(27)26-20-4-2-1-3-19(20)23(29)25-17-8-9-17/h1-7,10-12,17H,8-9,14-15H2,(H,25,29)(H,26,27)/b12-7+. The fourth-order valence-corrected chi connectivity index (χ4v) is 2.61. The Morgan fingerprint density at radius 1 is 1.10 bits per heavy atom. The molecule has 0 unspecified atom stereocenters. The fourth-order valence-electron chi connectivity index (χ4n) is 2.61. The van der Waals surface area contributed by atoms with Gasteiger partial charge in [0.15, 0.2) is 13.2 Å². The zero-order valence-corrected chi connectivity index (χ0v) is 16.7. The Bertz CT molecular complexity index is 1020. The number of carbonyl (C=O) groups excluding carboxylic acids is 3. The van der Waals surface area contributed by atoms with Crippen molar-refractivity contribution in [2.75, 3.05) is 18.5 Å². The van der Waals surface area contributed by atoms with Crippen molar-refractivity contribution in [1.29, 1.82) is 5.26 Å². The summed E-state index contributed by atoms with van der Waals surface area (Å²) in [7, 11) is 0. The van der Waals surface area contributed by atoms with Crippen molar-refractivity contribution in [2.45, 2.75) is 18.9 Å². The smallest absolute Gasteiger partial charge is 0.331 e. The second kappa shape index (κ2) is 10.6. The van der Waals surface area contributed by atoms with Crippen LogP contribution in [0.25, 0.3) is 6.08 Å². The molecule has 0 spiro atoms. The van der Waals surface area contributed by atoms with Crippen molar-refractivity contribution in [3.8, 4) is 11.8 Å². The summed E-state index contributed by atoms with van der Waals surface area (Å²) in [5.74, 6) is -0.932. The zero-order valence-electron chi connectivity index (χ0n) is 16.7. The largest absolute Gasteiger partial charge is 0.479 e. The fraction of sp³-hybridized carbons (Fsp3) is 0.217. The minimum absolute atomic E-state index is 0.0424. The maximum Gasteiger partial charge on any atom is 0.331 e. The van der Waals surface area contributed by atoms with Crippen LogP contribution in [0.5, 0.6) is 5.75 Å². The Balaban J connectivity index is 1.47. The third kappa shape index (κ3) is 7.01. The summed E-state index contributed by atoms with van der Waals surface area (Å²) in [6.45, 7) is -0.526. The summed E-state index contributed by atoms with van der Waals surface area (Å²) in [6, 6.07) is 15.5. The molecule has 0 aromatic heterocycles. The van der Waals surface area contributed by atoms with Crippen molar-refractivity contribution in [1.82, 2.24) is 5.32 Å². The number of benzene rings is 2. The van der Waals surface area contributed by atoms with E-state index in [1.807, 2.05) is 6.07 Å². The molecule has 31 heavy (non-hydrogen) atoms. The summed E-state index contributed by atoms with van der Waals surface area (Å²) < 4.78 is 10.1. The average molecular weight is 419 g/mol. The number of para-hydroxylation sites is 1. The maximum atomic E-state index is 12.3. The summed E-state index contributed by atoms with van der Waals surface area (Å²) in [4.78, 5) is 36.3. The minimum atomic E-state index is -0.681. The van der Waals surface area contributed by atoms with Gasteiger partial charge in [0.2, 0.25) is 0 Å². The molecule has 1 aliphatic carbocycles. The highest BCUT2D eigenvalue weighted by molar-refractivity contribution is 6.04. The molecule has 0 aliphatic heterocycles. The predicted octanol–water partition coefficient (Wildman–Crippen LogP) is 2.68. The lowest BCUT2D eigenvalue weighted by atomic mass is 10.1. The number of hydrogen-bond donors (Lipinski definition) is 2. The van der Waals surface area contributed by atoms with Crippen LogP contribution in [-0.4, -0.2) is 37.0 Å². The van der Waals surface area contributed by atoms with Crippen LogP contribution in [0, 0.1) is 11.3 Å². The minimum Gasteiger partial charge on any atom is -0.479 e. The van der Waals surface area contributed by atoms with Gasteiger partial charge < -0.3 is 20.1 Å². The highest BCUT2D eigenvalue weighted by atomic mass is 16.5. The van der Waals surface area contributed by atoms with Gasteiger partial charge in [0.1, 0.15) is 11.8 Å². The third-order valence-corrected chi connectivity index (χ3v) is 4.30. The Morgan fingerprint density at radius 3 is 2.55 bits per heavy atom. The first-order valence-electron chi connectivity index (χ1n) is 9.69. The van der Waals surface area contributed by atoms with Gasteiger partial charge in [0.05, 0.1) is 11.3 Å². The number of ether oxygens (including phenoxy) is 2. The molecule has 8 heteroatoms. The van der Waals surface area contributed by atoms with E-state index < -0.39 is 18.5 Å². The molecule has 158 valence electrons. The van der Waals surface area contributed by atoms with E-state index in [4.69, 9.17) is 14.7 Å². The summed E-state index contributed by atoms with van der Waals surface area (Å²) >= 11 is 0. The van der Waals surface area contributed by atoms with E-state index in [2.05, 4.69) is 10.6 Å². The van der Waals surface area contributed by atoms with Crippen molar-refractivity contribution in [3.05, 3.63) is 65.7 Å². The quantitative estimate of drug-likeness (QED) is 0.477. The molecule has 0 atom stereocenters. The van der Waals surface area contributed by atoms with Gasteiger partial charge in [-0.05, 0) is 48.7 Å². The average Bonchev–Trinajstić information content (AvgIpc) is 3.60. The van der Waals surface area contributed by atoms with Crippen molar-refractivity contribution < 1.29 is 23.9 Å². The number of anilines is 1. The van der Waals surface area contributed by atoms with Crippen molar-refractivity contribution >= 4 is 29.5 Å². The lowest BCUT2D eigenvalue weighted by Crippen LogP contribution is -2.27. The van der Waals surface area contributed by atoms with Gasteiger partial charge in [0.25, 0.3) is 11.8 Å². The first kappa shape index (κ1) is 21.6. The molecule has 0 bridgehead atoms. The van der Waals surface area contributed by atoms with Crippen LogP contribution in [0.1, 0.15) is 28.8 Å². The molecule has 2 N–H and O–H groups in total. The summed E-state index contributed by atoms with van der Waals surface area (Å²) in [5, 5.41) is 14.0. The Hall–Kier alpha value is -4.12. The molecule has 0 saturated heterocycles. The number of nitriles is 1. The van der Waals surface area contributed by atoms with E-state index in [0.29, 0.717) is 17.0 Å². The molecule has 1 fully saturated rings. The molecule has 1 saturated carbocycles. The van der Waals surface area contributed by atoms with E-state index in [-0.39, 0.29) is 18.6 Å². The van der Waals surface area contributed by atoms with Crippen LogP contribution in [0.4, 0.5) is 5.69 Å². The van der Waals surface area contributed by atoms with Crippen LogP contribution >= 0.6 is 0 Å². The van der Waals surface area contributed by atoms with E-state index >= 15 is 0 Å². The van der Waals surface area contributed by atoms with Crippen LogP contribution in [0.2, 0.25) is 0 Å². The number of rotatable bonds is 9. The second-order valence-electron chi connectivity index (χ2n) is 6.80. The molecule has 0 radical (unpaired) electrons. The molecular weight excluding hydrogens is 398 g/mol. The molecule has 1 aliphatic rings. The monoisotopic (exact) mass is 419 g/mol. The van der Waals surface area contributed by atoms with E-state index in [1.54, 1.807) is 48.5 Å². The Labute approximate surface area is 179 Å². The molecule has 2 aromatic carbocycles. The van der Waals surface area contributed by atoms with Gasteiger partial charge in [-0.25, -0.2) is 4.79 Å². The number of esters is 1. The van der Waals surface area contributed by atoms with Crippen LogP contribution in [0.15, 0.2) is 54.6 Å². The summed E-state index contributed by atoms with van der Waals surface area (Å²) in [6.07, 6.45) is 4.66. The molecule has 2 amide bonds. The van der Waals surface area contributed by atoms with Gasteiger partial charge in [-0.2, -0.15) is 5.26 Å². The zero-order chi connectivity index (χ0) is 22.1. The molecule has 2 aromatic rings. The lowest BCUT2D eigenvalue weighted by Gasteiger charge is -2.11. The molecular formula is C23H21N3O5. The van der Waals surface area contributed by atoms with Gasteiger partial charge in [-0.1, -0.05) is 24.3 Å². The number of nitrogens with one attached hydrogen (secondary N) is 2. The van der Waals surface area contributed by atoms with E-state index in [9.17, 15) is 14.4 Å².